The van der Waals surface area contributed by atoms with E-state index in [2.05, 4.69) is 33.1 Å². The van der Waals surface area contributed by atoms with Crippen LogP contribution in [-0.4, -0.2) is 36.2 Å². The van der Waals surface area contributed by atoms with Crippen LogP contribution < -0.4 is 19.6 Å². The van der Waals surface area contributed by atoms with Gasteiger partial charge in [0.25, 0.3) is 11.6 Å². The molecule has 35 heavy (non-hydrogen) atoms. The Morgan fingerprint density at radius 3 is 2.40 bits per heavy atom. The molecule has 0 aromatic heterocycles. The molecule has 0 aliphatic rings. The van der Waals surface area contributed by atoms with Gasteiger partial charge in [-0.05, 0) is 89.7 Å². The van der Waals surface area contributed by atoms with Gasteiger partial charge in [-0.3, -0.25) is 14.9 Å². The Morgan fingerprint density at radius 2 is 1.74 bits per heavy atom. The van der Waals surface area contributed by atoms with Crippen LogP contribution in [0.5, 0.6) is 17.2 Å². The predicted octanol–water partition coefficient (Wildman–Crippen LogP) is 4.35. The van der Waals surface area contributed by atoms with Crippen molar-refractivity contribution >= 4 is 46.4 Å². The highest BCUT2D eigenvalue weighted by molar-refractivity contribution is 14.1. The van der Waals surface area contributed by atoms with Crippen LogP contribution in [0.4, 0.5) is 5.69 Å². The van der Waals surface area contributed by atoms with Gasteiger partial charge in [0.2, 0.25) is 0 Å². The number of amides is 1. The van der Waals surface area contributed by atoms with Gasteiger partial charge in [0.15, 0.2) is 18.1 Å². The number of nitro groups is 1. The molecule has 0 heterocycles. The third-order valence-electron chi connectivity index (χ3n) is 4.37. The minimum Gasteiger partial charge on any atom is -0.490 e. The van der Waals surface area contributed by atoms with Crippen LogP contribution in [0.1, 0.15) is 22.8 Å². The largest absolute Gasteiger partial charge is 0.490 e. The second kappa shape index (κ2) is 12.5. The van der Waals surface area contributed by atoms with Crippen molar-refractivity contribution in [2.75, 3.05) is 13.2 Å². The molecule has 0 saturated heterocycles. The summed E-state index contributed by atoms with van der Waals surface area (Å²) in [5.41, 5.74) is 2.98. The third-order valence-corrected chi connectivity index (χ3v) is 5.09. The van der Waals surface area contributed by atoms with Crippen molar-refractivity contribution in [1.82, 2.24) is 5.43 Å². The number of ether oxygens (including phenoxy) is 3. The van der Waals surface area contributed by atoms with Crippen molar-refractivity contribution in [3.63, 3.8) is 0 Å². The maximum Gasteiger partial charge on any atom is 0.343 e. The Hall–Kier alpha value is -4.00. The lowest BCUT2D eigenvalue weighted by molar-refractivity contribution is -0.384. The first-order valence-electron chi connectivity index (χ1n) is 10.3. The SMILES string of the molecule is CCOc1cc(/C=N/NC(=O)COc2ccc(I)cc2)ccc1OC(=O)c1ccc([N+](=O)[O-])cc1. The number of non-ortho nitro benzene ring substituents is 1. The molecule has 0 saturated carbocycles. The molecule has 180 valence electrons. The lowest BCUT2D eigenvalue weighted by Crippen LogP contribution is -2.24. The summed E-state index contributed by atoms with van der Waals surface area (Å²) in [4.78, 5) is 34.6. The number of hydrogen-bond donors (Lipinski definition) is 1. The Labute approximate surface area is 214 Å². The van der Waals surface area contributed by atoms with E-state index in [1.54, 1.807) is 31.2 Å². The van der Waals surface area contributed by atoms with E-state index in [9.17, 15) is 19.7 Å². The molecule has 11 heteroatoms. The summed E-state index contributed by atoms with van der Waals surface area (Å²) in [5.74, 6) is -0.0895. The normalized spacial score (nSPS) is 10.6. The number of benzene rings is 3. The summed E-state index contributed by atoms with van der Waals surface area (Å²) in [6.45, 7) is 1.89. The average Bonchev–Trinajstić information content (AvgIpc) is 2.85. The van der Waals surface area contributed by atoms with Gasteiger partial charge in [-0.1, -0.05) is 0 Å². The summed E-state index contributed by atoms with van der Waals surface area (Å²) in [7, 11) is 0. The van der Waals surface area contributed by atoms with Crippen molar-refractivity contribution < 1.29 is 28.7 Å². The van der Waals surface area contributed by atoms with Crippen LogP contribution in [0.25, 0.3) is 0 Å². The summed E-state index contributed by atoms with van der Waals surface area (Å²) in [5, 5.41) is 14.7. The number of esters is 1. The van der Waals surface area contributed by atoms with Crippen molar-refractivity contribution in [2.24, 2.45) is 5.10 Å². The molecular weight excluding hydrogens is 569 g/mol. The van der Waals surface area contributed by atoms with Gasteiger partial charge in [-0.25, -0.2) is 10.2 Å². The number of nitrogens with one attached hydrogen (secondary N) is 1. The molecule has 0 bridgehead atoms. The smallest absolute Gasteiger partial charge is 0.343 e. The van der Waals surface area contributed by atoms with Gasteiger partial charge in [0, 0.05) is 15.7 Å². The molecule has 1 N–H and O–H groups in total. The number of hydrazone groups is 1. The number of carbonyl (C=O) groups excluding carboxylic acids is 2. The first-order valence-corrected chi connectivity index (χ1v) is 11.4. The number of carbonyl (C=O) groups is 2. The Balaban J connectivity index is 1.59. The molecule has 3 aromatic rings. The first kappa shape index (κ1) is 25.6. The third kappa shape index (κ3) is 7.78. The Morgan fingerprint density at radius 1 is 1.03 bits per heavy atom. The van der Waals surface area contributed by atoms with E-state index in [1.807, 2.05) is 12.1 Å². The lowest BCUT2D eigenvalue weighted by atomic mass is 10.2. The monoisotopic (exact) mass is 589 g/mol. The zero-order valence-electron chi connectivity index (χ0n) is 18.5. The molecule has 0 atom stereocenters. The Bertz CT molecular complexity index is 1230. The highest BCUT2D eigenvalue weighted by Gasteiger charge is 2.15. The second-order valence-electron chi connectivity index (χ2n) is 6.87. The fraction of sp³-hybridized carbons (Fsp3) is 0.125. The van der Waals surface area contributed by atoms with Crippen molar-refractivity contribution in [3.8, 4) is 17.2 Å². The van der Waals surface area contributed by atoms with Gasteiger partial charge in [-0.15, -0.1) is 0 Å². The molecule has 0 fully saturated rings. The van der Waals surface area contributed by atoms with Crippen LogP contribution in [0, 0.1) is 13.7 Å². The standard InChI is InChI=1S/C24H20IN3O7/c1-2-33-22-13-16(14-26-27-23(29)15-34-20-10-6-18(25)7-11-20)3-12-21(22)35-24(30)17-4-8-19(9-5-17)28(31)32/h3-14H,2,15H2,1H3,(H,27,29)/b26-14+. The van der Waals surface area contributed by atoms with Gasteiger partial charge in [-0.2, -0.15) is 5.10 Å². The highest BCUT2D eigenvalue weighted by Crippen LogP contribution is 2.29. The first-order chi connectivity index (χ1) is 16.9. The molecule has 0 unspecified atom stereocenters. The van der Waals surface area contributed by atoms with Crippen LogP contribution in [0.3, 0.4) is 0 Å². The molecule has 0 aliphatic carbocycles. The van der Waals surface area contributed by atoms with Gasteiger partial charge >= 0.3 is 5.97 Å². The number of nitro benzene ring substituents is 1. The van der Waals surface area contributed by atoms with E-state index < -0.39 is 16.8 Å². The summed E-state index contributed by atoms with van der Waals surface area (Å²) < 4.78 is 17.4. The van der Waals surface area contributed by atoms with Gasteiger partial charge < -0.3 is 14.2 Å². The molecule has 10 nitrogen and oxygen atoms in total. The van der Waals surface area contributed by atoms with Crippen LogP contribution >= 0.6 is 22.6 Å². The van der Waals surface area contributed by atoms with E-state index in [-0.39, 0.29) is 23.6 Å². The fourth-order valence-electron chi connectivity index (χ4n) is 2.73. The quantitative estimate of drug-likeness (QED) is 0.0930. The van der Waals surface area contributed by atoms with Crippen molar-refractivity contribution in [3.05, 3.63) is 91.5 Å². The van der Waals surface area contributed by atoms with E-state index in [0.29, 0.717) is 23.7 Å². The summed E-state index contributed by atoms with van der Waals surface area (Å²) in [6, 6.07) is 17.1. The van der Waals surface area contributed by atoms with Crippen LogP contribution in [0.2, 0.25) is 0 Å². The molecule has 0 spiro atoms. The second-order valence-corrected chi connectivity index (χ2v) is 8.11. The summed E-state index contributed by atoms with van der Waals surface area (Å²) in [6.07, 6.45) is 1.41. The van der Waals surface area contributed by atoms with E-state index in [1.165, 1.54) is 36.5 Å². The number of halogens is 1. The maximum atomic E-state index is 12.4. The molecule has 1 amide bonds. The molecule has 0 radical (unpaired) electrons. The number of nitrogens with zero attached hydrogens (tertiary/aromatic N) is 2. The minimum atomic E-state index is -0.692. The van der Waals surface area contributed by atoms with E-state index >= 15 is 0 Å². The van der Waals surface area contributed by atoms with E-state index in [0.717, 1.165) is 3.57 Å². The zero-order valence-corrected chi connectivity index (χ0v) is 20.6. The zero-order chi connectivity index (χ0) is 25.2. The fourth-order valence-corrected chi connectivity index (χ4v) is 3.09. The van der Waals surface area contributed by atoms with E-state index in [4.69, 9.17) is 14.2 Å². The number of hydrogen-bond acceptors (Lipinski definition) is 8. The average molecular weight is 589 g/mol. The molecular formula is C24H20IN3O7. The number of rotatable bonds is 10. The van der Waals surface area contributed by atoms with Crippen LogP contribution in [-0.2, 0) is 4.79 Å². The highest BCUT2D eigenvalue weighted by atomic mass is 127. The topological polar surface area (TPSA) is 129 Å². The molecule has 0 aliphatic heterocycles. The van der Waals surface area contributed by atoms with Crippen molar-refractivity contribution in [1.29, 1.82) is 0 Å². The molecule has 3 rings (SSSR count). The van der Waals surface area contributed by atoms with Gasteiger partial charge in [0.1, 0.15) is 5.75 Å². The predicted molar refractivity (Wildman–Crippen MR) is 136 cm³/mol. The maximum absolute atomic E-state index is 12.4. The van der Waals surface area contributed by atoms with Gasteiger partial charge in [0.05, 0.1) is 23.3 Å². The molecule has 3 aromatic carbocycles. The summed E-state index contributed by atoms with van der Waals surface area (Å²) >= 11 is 2.17. The minimum absolute atomic E-state index is 0.131. The van der Waals surface area contributed by atoms with Crippen molar-refractivity contribution in [2.45, 2.75) is 6.92 Å². The Kier molecular flexibility index (Phi) is 9.12. The van der Waals surface area contributed by atoms with Crippen LogP contribution in [0.15, 0.2) is 71.8 Å². The lowest BCUT2D eigenvalue weighted by Gasteiger charge is -2.11.